The predicted molar refractivity (Wildman–Crippen MR) is 78.1 cm³/mol. The first kappa shape index (κ1) is 14.3. The lowest BCUT2D eigenvalue weighted by molar-refractivity contribution is 0.275. The Morgan fingerprint density at radius 2 is 2.16 bits per heavy atom. The van der Waals surface area contributed by atoms with E-state index < -0.39 is 0 Å². The van der Waals surface area contributed by atoms with Crippen LogP contribution in [0.2, 0.25) is 0 Å². The Kier molecular flexibility index (Phi) is 4.42. The average molecular weight is 265 g/mol. The van der Waals surface area contributed by atoms with Crippen molar-refractivity contribution in [3.63, 3.8) is 0 Å². The van der Waals surface area contributed by atoms with Gasteiger partial charge in [0, 0.05) is 43.0 Å². The van der Waals surface area contributed by atoms with Crippen LogP contribution in [0.25, 0.3) is 0 Å². The number of likely N-dealkylation sites (N-methyl/N-ethyl adjacent to an activating group) is 1. The Balaban J connectivity index is 2.30. The number of rotatable bonds is 3. The first-order chi connectivity index (χ1) is 8.99. The van der Waals surface area contributed by atoms with Crippen molar-refractivity contribution < 1.29 is 4.39 Å². The lowest BCUT2D eigenvalue weighted by atomic mass is 10.0. The number of hydrogen-bond acceptors (Lipinski definition) is 3. The van der Waals surface area contributed by atoms with E-state index in [9.17, 15) is 4.39 Å². The second-order valence-electron chi connectivity index (χ2n) is 5.72. The van der Waals surface area contributed by atoms with Crippen LogP contribution in [0, 0.1) is 5.82 Å². The molecule has 0 radical (unpaired) electrons. The molecule has 2 rings (SSSR count). The molecule has 1 aromatic carbocycles. The number of nitrogens with zero attached hydrogens (tertiary/aromatic N) is 2. The summed E-state index contributed by atoms with van der Waals surface area (Å²) in [4.78, 5) is 4.62. The van der Waals surface area contributed by atoms with Crippen LogP contribution in [0.4, 0.5) is 10.1 Å². The smallest absolute Gasteiger partial charge is 0.128 e. The summed E-state index contributed by atoms with van der Waals surface area (Å²) in [6.45, 7) is 7.07. The van der Waals surface area contributed by atoms with E-state index in [1.54, 1.807) is 6.07 Å². The highest BCUT2D eigenvalue weighted by molar-refractivity contribution is 5.55. The van der Waals surface area contributed by atoms with E-state index in [0.29, 0.717) is 12.5 Å². The normalized spacial score (nSPS) is 22.6. The summed E-state index contributed by atoms with van der Waals surface area (Å²) in [5.41, 5.74) is 7.63. The predicted octanol–water partition coefficient (Wildman–Crippen LogP) is 1.86. The van der Waals surface area contributed by atoms with Gasteiger partial charge in [0.1, 0.15) is 5.82 Å². The SMILES string of the molecule is CC(N)Cc1c(F)cccc1N1CCN(C)CC1C. The minimum Gasteiger partial charge on any atom is -0.366 e. The summed E-state index contributed by atoms with van der Waals surface area (Å²) >= 11 is 0. The summed E-state index contributed by atoms with van der Waals surface area (Å²) in [5, 5.41) is 0. The van der Waals surface area contributed by atoms with Crippen molar-refractivity contribution in [2.75, 3.05) is 31.6 Å². The molecule has 0 spiro atoms. The summed E-state index contributed by atoms with van der Waals surface area (Å²) < 4.78 is 14.1. The number of anilines is 1. The number of halogens is 1. The Labute approximate surface area is 115 Å². The van der Waals surface area contributed by atoms with Gasteiger partial charge in [-0.2, -0.15) is 0 Å². The fourth-order valence-corrected chi connectivity index (χ4v) is 2.84. The number of nitrogens with two attached hydrogens (primary N) is 1. The summed E-state index contributed by atoms with van der Waals surface area (Å²) in [7, 11) is 2.13. The molecule has 19 heavy (non-hydrogen) atoms. The van der Waals surface area contributed by atoms with Gasteiger partial charge in [0.25, 0.3) is 0 Å². The molecular weight excluding hydrogens is 241 g/mol. The van der Waals surface area contributed by atoms with Crippen molar-refractivity contribution in [1.82, 2.24) is 4.90 Å². The largest absolute Gasteiger partial charge is 0.366 e. The molecule has 1 heterocycles. The minimum absolute atomic E-state index is 0.0292. The third kappa shape index (κ3) is 3.25. The van der Waals surface area contributed by atoms with Gasteiger partial charge in [0.15, 0.2) is 0 Å². The van der Waals surface area contributed by atoms with E-state index in [2.05, 4.69) is 23.8 Å². The van der Waals surface area contributed by atoms with Gasteiger partial charge < -0.3 is 15.5 Å². The Hall–Kier alpha value is -1.13. The van der Waals surface area contributed by atoms with E-state index in [4.69, 9.17) is 5.73 Å². The molecule has 0 bridgehead atoms. The highest BCUT2D eigenvalue weighted by Gasteiger charge is 2.24. The second-order valence-corrected chi connectivity index (χ2v) is 5.72. The molecule has 1 aliphatic rings. The van der Waals surface area contributed by atoms with Crippen LogP contribution in [-0.2, 0) is 6.42 Å². The summed E-state index contributed by atoms with van der Waals surface area (Å²) in [6.07, 6.45) is 0.584. The number of benzene rings is 1. The molecule has 106 valence electrons. The summed E-state index contributed by atoms with van der Waals surface area (Å²) in [5.74, 6) is -0.138. The highest BCUT2D eigenvalue weighted by Crippen LogP contribution is 2.27. The second kappa shape index (κ2) is 5.88. The average Bonchev–Trinajstić information content (AvgIpc) is 2.32. The molecule has 0 saturated carbocycles. The van der Waals surface area contributed by atoms with Crippen LogP contribution in [0.15, 0.2) is 18.2 Å². The first-order valence-electron chi connectivity index (χ1n) is 6.97. The topological polar surface area (TPSA) is 32.5 Å². The van der Waals surface area contributed by atoms with Crippen LogP contribution < -0.4 is 10.6 Å². The maximum atomic E-state index is 14.1. The van der Waals surface area contributed by atoms with Crippen molar-refractivity contribution in [2.24, 2.45) is 5.73 Å². The Morgan fingerprint density at radius 1 is 1.42 bits per heavy atom. The van der Waals surface area contributed by atoms with Gasteiger partial charge in [0.2, 0.25) is 0 Å². The Morgan fingerprint density at radius 3 is 2.79 bits per heavy atom. The van der Waals surface area contributed by atoms with Crippen LogP contribution in [-0.4, -0.2) is 43.7 Å². The third-order valence-corrected chi connectivity index (χ3v) is 3.76. The molecule has 3 nitrogen and oxygen atoms in total. The Bertz CT molecular complexity index is 433. The van der Waals surface area contributed by atoms with Crippen molar-refractivity contribution in [1.29, 1.82) is 0 Å². The van der Waals surface area contributed by atoms with E-state index in [1.165, 1.54) is 6.07 Å². The van der Waals surface area contributed by atoms with Crippen molar-refractivity contribution in [3.8, 4) is 0 Å². The van der Waals surface area contributed by atoms with Gasteiger partial charge in [-0.3, -0.25) is 0 Å². The lowest BCUT2D eigenvalue weighted by Crippen LogP contribution is -2.51. The zero-order valence-electron chi connectivity index (χ0n) is 12.1. The number of piperazine rings is 1. The summed E-state index contributed by atoms with van der Waals surface area (Å²) in [6, 6.07) is 5.70. The molecule has 1 aromatic rings. The molecule has 2 N–H and O–H groups in total. The van der Waals surface area contributed by atoms with E-state index in [0.717, 1.165) is 30.9 Å². The molecule has 0 aromatic heterocycles. The van der Waals surface area contributed by atoms with Crippen LogP contribution in [0.5, 0.6) is 0 Å². The van der Waals surface area contributed by atoms with E-state index in [1.807, 2.05) is 13.0 Å². The molecule has 1 fully saturated rings. The van der Waals surface area contributed by atoms with Gasteiger partial charge in [-0.05, 0) is 39.4 Å². The monoisotopic (exact) mass is 265 g/mol. The fourth-order valence-electron chi connectivity index (χ4n) is 2.84. The molecule has 2 unspecified atom stereocenters. The molecule has 4 heteroatoms. The molecular formula is C15H24FN3. The molecule has 0 amide bonds. The molecule has 1 aliphatic heterocycles. The van der Waals surface area contributed by atoms with Gasteiger partial charge in [-0.1, -0.05) is 6.07 Å². The lowest BCUT2D eigenvalue weighted by Gasteiger charge is -2.40. The molecule has 2 atom stereocenters. The molecule has 0 aliphatic carbocycles. The van der Waals surface area contributed by atoms with Crippen LogP contribution in [0.1, 0.15) is 19.4 Å². The van der Waals surface area contributed by atoms with Crippen molar-refractivity contribution >= 4 is 5.69 Å². The third-order valence-electron chi connectivity index (χ3n) is 3.76. The minimum atomic E-state index is -0.138. The van der Waals surface area contributed by atoms with Gasteiger partial charge in [0.05, 0.1) is 0 Å². The van der Waals surface area contributed by atoms with Crippen molar-refractivity contribution in [2.45, 2.75) is 32.4 Å². The first-order valence-corrected chi connectivity index (χ1v) is 6.97. The van der Waals surface area contributed by atoms with Gasteiger partial charge >= 0.3 is 0 Å². The van der Waals surface area contributed by atoms with E-state index >= 15 is 0 Å². The maximum Gasteiger partial charge on any atom is 0.128 e. The van der Waals surface area contributed by atoms with Gasteiger partial charge in [-0.15, -0.1) is 0 Å². The number of hydrogen-bond donors (Lipinski definition) is 1. The maximum absolute atomic E-state index is 14.1. The highest BCUT2D eigenvalue weighted by atomic mass is 19.1. The standard InChI is InChI=1S/C15H24FN3/c1-11(17)9-13-14(16)5-4-6-15(13)19-8-7-18(3)10-12(19)2/h4-6,11-12H,7-10,17H2,1-3H3. The van der Waals surface area contributed by atoms with Gasteiger partial charge in [-0.25, -0.2) is 4.39 Å². The zero-order chi connectivity index (χ0) is 14.0. The quantitative estimate of drug-likeness (QED) is 0.905. The zero-order valence-corrected chi connectivity index (χ0v) is 12.1. The fraction of sp³-hybridized carbons (Fsp3) is 0.600. The van der Waals surface area contributed by atoms with Crippen LogP contribution >= 0.6 is 0 Å². The van der Waals surface area contributed by atoms with Crippen molar-refractivity contribution in [3.05, 3.63) is 29.6 Å². The van der Waals surface area contributed by atoms with E-state index in [-0.39, 0.29) is 11.9 Å². The van der Waals surface area contributed by atoms with Crippen LogP contribution in [0.3, 0.4) is 0 Å². The molecule has 1 saturated heterocycles.